The van der Waals surface area contributed by atoms with Crippen LogP contribution in [-0.4, -0.2) is 32.2 Å². The van der Waals surface area contributed by atoms with E-state index in [0.29, 0.717) is 11.4 Å². The lowest BCUT2D eigenvalue weighted by molar-refractivity contribution is -0.384. The zero-order valence-corrected chi connectivity index (χ0v) is 14.2. The third-order valence-electron chi connectivity index (χ3n) is 3.62. The number of pyridine rings is 1. The van der Waals surface area contributed by atoms with Gasteiger partial charge in [-0.2, -0.15) is 5.10 Å². The quantitative estimate of drug-likeness (QED) is 0.537. The van der Waals surface area contributed by atoms with E-state index in [1.165, 1.54) is 24.3 Å². The Morgan fingerprint density at radius 1 is 1.31 bits per heavy atom. The number of aromatic nitrogens is 3. The Bertz CT molecular complexity index is 949. The zero-order chi connectivity index (χ0) is 18.7. The molecule has 0 saturated heterocycles. The number of ether oxygens (including phenoxy) is 1. The number of benzene rings is 1. The summed E-state index contributed by atoms with van der Waals surface area (Å²) in [5, 5.41) is 18.4. The molecule has 0 fully saturated rings. The van der Waals surface area contributed by atoms with Gasteiger partial charge in [-0.15, -0.1) is 0 Å². The third-order valence-corrected chi connectivity index (χ3v) is 3.62. The number of carbonyl (C=O) groups is 1. The van der Waals surface area contributed by atoms with Crippen LogP contribution in [-0.2, 0) is 4.79 Å². The van der Waals surface area contributed by atoms with Crippen molar-refractivity contribution in [2.24, 2.45) is 0 Å². The van der Waals surface area contributed by atoms with Crippen molar-refractivity contribution in [2.75, 3.05) is 11.9 Å². The van der Waals surface area contributed by atoms with E-state index >= 15 is 0 Å². The third kappa shape index (κ3) is 3.77. The number of nitrogens with one attached hydrogen (secondary N) is 1. The van der Waals surface area contributed by atoms with Crippen LogP contribution in [0.1, 0.15) is 19.9 Å². The summed E-state index contributed by atoms with van der Waals surface area (Å²) in [5.41, 5.74) is 1.25. The first kappa shape index (κ1) is 17.3. The highest BCUT2D eigenvalue weighted by molar-refractivity contribution is 5.93. The maximum absolute atomic E-state index is 12.0. The lowest BCUT2D eigenvalue weighted by Crippen LogP contribution is -2.20. The van der Waals surface area contributed by atoms with Crippen LogP contribution in [0, 0.1) is 10.1 Å². The Morgan fingerprint density at radius 3 is 2.69 bits per heavy atom. The van der Waals surface area contributed by atoms with Gasteiger partial charge in [-0.3, -0.25) is 14.9 Å². The Hall–Kier alpha value is -3.49. The summed E-state index contributed by atoms with van der Waals surface area (Å²) in [5.74, 6) is 0.0123. The molecule has 9 heteroatoms. The molecule has 1 amide bonds. The second kappa shape index (κ2) is 7.18. The first-order valence-electron chi connectivity index (χ1n) is 7.94. The number of amides is 1. The van der Waals surface area contributed by atoms with Crippen molar-refractivity contribution >= 4 is 28.3 Å². The van der Waals surface area contributed by atoms with E-state index < -0.39 is 4.92 Å². The summed E-state index contributed by atoms with van der Waals surface area (Å²) in [6.07, 6.45) is 3.26. The van der Waals surface area contributed by atoms with E-state index in [1.54, 1.807) is 23.1 Å². The molecule has 9 nitrogen and oxygen atoms in total. The second-order valence-corrected chi connectivity index (χ2v) is 5.91. The van der Waals surface area contributed by atoms with Gasteiger partial charge in [0.05, 0.1) is 23.0 Å². The lowest BCUT2D eigenvalue weighted by atomic mass is 10.3. The normalized spacial score (nSPS) is 10.9. The van der Waals surface area contributed by atoms with Gasteiger partial charge in [0.2, 0.25) is 0 Å². The highest BCUT2D eigenvalue weighted by atomic mass is 16.6. The zero-order valence-electron chi connectivity index (χ0n) is 14.2. The molecule has 0 saturated carbocycles. The van der Waals surface area contributed by atoms with Gasteiger partial charge >= 0.3 is 0 Å². The molecule has 1 aromatic carbocycles. The smallest absolute Gasteiger partial charge is 0.269 e. The van der Waals surface area contributed by atoms with Gasteiger partial charge in [0, 0.05) is 23.6 Å². The number of nitrogens with zero attached hydrogens (tertiary/aromatic N) is 4. The highest BCUT2D eigenvalue weighted by Gasteiger charge is 2.10. The highest BCUT2D eigenvalue weighted by Crippen LogP contribution is 2.20. The van der Waals surface area contributed by atoms with Crippen molar-refractivity contribution < 1.29 is 14.5 Å². The van der Waals surface area contributed by atoms with E-state index in [-0.39, 0.29) is 24.2 Å². The average Bonchev–Trinajstić information content (AvgIpc) is 3.03. The number of fused-ring (bicyclic) bond motifs is 1. The van der Waals surface area contributed by atoms with Crippen LogP contribution in [0.15, 0.2) is 42.7 Å². The van der Waals surface area contributed by atoms with Gasteiger partial charge < -0.3 is 10.1 Å². The lowest BCUT2D eigenvalue weighted by Gasteiger charge is -2.08. The first-order chi connectivity index (χ1) is 12.4. The van der Waals surface area contributed by atoms with Crippen LogP contribution in [0.4, 0.5) is 11.4 Å². The molecule has 2 aromatic heterocycles. The molecule has 0 unspecified atom stereocenters. The summed E-state index contributed by atoms with van der Waals surface area (Å²) in [4.78, 5) is 26.5. The van der Waals surface area contributed by atoms with Crippen molar-refractivity contribution in [1.29, 1.82) is 0 Å². The van der Waals surface area contributed by atoms with Gasteiger partial charge in [-0.25, -0.2) is 9.67 Å². The molecule has 0 spiro atoms. The molecule has 0 aliphatic heterocycles. The number of anilines is 1. The fourth-order valence-electron chi connectivity index (χ4n) is 2.40. The van der Waals surface area contributed by atoms with Gasteiger partial charge in [-0.05, 0) is 32.0 Å². The Balaban J connectivity index is 1.61. The Morgan fingerprint density at radius 2 is 2.04 bits per heavy atom. The number of nitro groups is 1. The SMILES string of the molecule is CC(C)n1ncc2cc(NC(=O)COc3ccc([N+](=O)[O-])cc3)cnc21. The van der Waals surface area contributed by atoms with Gasteiger partial charge in [0.1, 0.15) is 5.75 Å². The average molecular weight is 355 g/mol. The molecular weight excluding hydrogens is 338 g/mol. The first-order valence-corrected chi connectivity index (χ1v) is 7.94. The van der Waals surface area contributed by atoms with Crippen LogP contribution in [0.3, 0.4) is 0 Å². The van der Waals surface area contributed by atoms with Crippen molar-refractivity contribution in [1.82, 2.24) is 14.8 Å². The molecule has 0 aliphatic carbocycles. The summed E-state index contributed by atoms with van der Waals surface area (Å²) in [6, 6.07) is 7.50. The number of hydrogen-bond acceptors (Lipinski definition) is 6. The van der Waals surface area contributed by atoms with Crippen LogP contribution in [0.25, 0.3) is 11.0 Å². The second-order valence-electron chi connectivity index (χ2n) is 5.91. The molecule has 0 bridgehead atoms. The molecule has 2 heterocycles. The van der Waals surface area contributed by atoms with Crippen molar-refractivity contribution in [2.45, 2.75) is 19.9 Å². The maximum Gasteiger partial charge on any atom is 0.269 e. The number of hydrogen-bond donors (Lipinski definition) is 1. The summed E-state index contributed by atoms with van der Waals surface area (Å²) < 4.78 is 7.13. The summed E-state index contributed by atoms with van der Waals surface area (Å²) in [6.45, 7) is 3.81. The predicted octanol–water partition coefficient (Wildman–Crippen LogP) is 2.94. The minimum Gasteiger partial charge on any atom is -0.484 e. The minimum atomic E-state index is -0.499. The molecule has 26 heavy (non-hydrogen) atoms. The Labute approximate surface area is 148 Å². The van der Waals surface area contributed by atoms with Gasteiger partial charge in [-0.1, -0.05) is 0 Å². The number of non-ortho nitro benzene ring substituents is 1. The van der Waals surface area contributed by atoms with E-state index in [2.05, 4.69) is 15.4 Å². The van der Waals surface area contributed by atoms with Crippen molar-refractivity contribution in [3.63, 3.8) is 0 Å². The molecule has 0 aliphatic rings. The molecule has 0 radical (unpaired) electrons. The predicted molar refractivity (Wildman–Crippen MR) is 95.1 cm³/mol. The van der Waals surface area contributed by atoms with Crippen LogP contribution in [0.2, 0.25) is 0 Å². The van der Waals surface area contributed by atoms with Crippen molar-refractivity contribution in [3.8, 4) is 5.75 Å². The molecule has 3 aromatic rings. The van der Waals surface area contributed by atoms with Crippen molar-refractivity contribution in [3.05, 3.63) is 52.8 Å². The standard InChI is InChI=1S/C17H17N5O4/c1-11(2)21-17-12(8-19-21)7-13(9-18-17)20-16(23)10-26-15-5-3-14(4-6-15)22(24)25/h3-9,11H,10H2,1-2H3,(H,20,23). The number of nitro benzene ring substituents is 1. The van der Waals surface area contributed by atoms with E-state index in [0.717, 1.165) is 11.0 Å². The monoisotopic (exact) mass is 355 g/mol. The van der Waals surface area contributed by atoms with Crippen LogP contribution < -0.4 is 10.1 Å². The maximum atomic E-state index is 12.0. The summed E-state index contributed by atoms with van der Waals surface area (Å²) >= 11 is 0. The fourth-order valence-corrected chi connectivity index (χ4v) is 2.40. The molecule has 3 rings (SSSR count). The number of carbonyl (C=O) groups excluding carboxylic acids is 1. The molecule has 0 atom stereocenters. The molecule has 1 N–H and O–H groups in total. The Kier molecular flexibility index (Phi) is 4.78. The fraction of sp³-hybridized carbons (Fsp3) is 0.235. The van der Waals surface area contributed by atoms with E-state index in [4.69, 9.17) is 4.74 Å². The minimum absolute atomic E-state index is 0.0388. The summed E-state index contributed by atoms with van der Waals surface area (Å²) in [7, 11) is 0. The van der Waals surface area contributed by atoms with Crippen LogP contribution in [0.5, 0.6) is 5.75 Å². The largest absolute Gasteiger partial charge is 0.484 e. The molecular formula is C17H17N5O4. The topological polar surface area (TPSA) is 112 Å². The van der Waals surface area contributed by atoms with Gasteiger partial charge in [0.25, 0.3) is 11.6 Å². The number of rotatable bonds is 6. The molecule has 134 valence electrons. The van der Waals surface area contributed by atoms with E-state index in [1.807, 2.05) is 13.8 Å². The van der Waals surface area contributed by atoms with Gasteiger partial charge in [0.15, 0.2) is 12.3 Å². The van der Waals surface area contributed by atoms with E-state index in [9.17, 15) is 14.9 Å². The van der Waals surface area contributed by atoms with Crippen LogP contribution >= 0.6 is 0 Å².